The molecule has 0 N–H and O–H groups in total. The Kier molecular flexibility index (Phi) is 6.42. The maximum absolute atomic E-state index is 14.1. The Morgan fingerprint density at radius 2 is 1.64 bits per heavy atom. The van der Waals surface area contributed by atoms with E-state index in [-0.39, 0.29) is 38.0 Å². The number of ether oxygens (including phenoxy) is 1. The SMILES string of the molecule is CC1CC(F)C(C(F)=C(F)C(=O)OC2CCC(C#N)C(F)C2)C(F)C1. The second-order valence-electron chi connectivity index (χ2n) is 6.89. The highest BCUT2D eigenvalue weighted by Crippen LogP contribution is 2.39. The van der Waals surface area contributed by atoms with Gasteiger partial charge < -0.3 is 4.74 Å². The summed E-state index contributed by atoms with van der Waals surface area (Å²) in [6.45, 7) is 1.60. The van der Waals surface area contributed by atoms with Crippen LogP contribution >= 0.6 is 0 Å². The van der Waals surface area contributed by atoms with Gasteiger partial charge in [0.15, 0.2) is 5.83 Å². The molecule has 2 aliphatic rings. The largest absolute Gasteiger partial charge is 0.457 e. The molecule has 8 heteroatoms. The molecule has 0 aliphatic heterocycles. The normalized spacial score (nSPS) is 40.0. The molecule has 5 atom stereocenters. The van der Waals surface area contributed by atoms with Crippen molar-refractivity contribution in [2.24, 2.45) is 17.8 Å². The van der Waals surface area contributed by atoms with E-state index in [2.05, 4.69) is 0 Å². The molecule has 5 unspecified atom stereocenters. The van der Waals surface area contributed by atoms with Crippen molar-refractivity contribution in [2.45, 2.75) is 63.6 Å². The fraction of sp³-hybridized carbons (Fsp3) is 0.765. The van der Waals surface area contributed by atoms with E-state index >= 15 is 0 Å². The first kappa shape index (κ1) is 19.7. The highest BCUT2D eigenvalue weighted by Gasteiger charge is 2.43. The molecule has 2 saturated carbocycles. The fourth-order valence-electron chi connectivity index (χ4n) is 3.48. The van der Waals surface area contributed by atoms with Gasteiger partial charge in [0.25, 0.3) is 0 Å². The van der Waals surface area contributed by atoms with Crippen LogP contribution in [0.4, 0.5) is 22.0 Å². The van der Waals surface area contributed by atoms with Crippen LogP contribution in [0.15, 0.2) is 11.7 Å². The number of carbonyl (C=O) groups is 1. The summed E-state index contributed by atoms with van der Waals surface area (Å²) >= 11 is 0. The number of rotatable bonds is 3. The van der Waals surface area contributed by atoms with Crippen molar-refractivity contribution in [2.75, 3.05) is 0 Å². The third kappa shape index (κ3) is 4.50. The van der Waals surface area contributed by atoms with Crippen LogP contribution in [0.25, 0.3) is 0 Å². The number of carbonyl (C=O) groups excluding carboxylic acids is 1. The second kappa shape index (κ2) is 8.15. The van der Waals surface area contributed by atoms with Crippen molar-refractivity contribution < 1.29 is 31.5 Å². The standard InChI is InChI=1S/C17H20F5NO2/c1-8-4-12(19)14(13(20)5-8)15(21)16(22)17(24)25-10-3-2-9(7-23)11(18)6-10/h8-14H,2-6H2,1H3. The molecule has 0 aromatic carbocycles. The Morgan fingerprint density at radius 1 is 1.04 bits per heavy atom. The van der Waals surface area contributed by atoms with Crippen LogP contribution in [0.2, 0.25) is 0 Å². The zero-order chi connectivity index (χ0) is 18.7. The molecule has 2 aliphatic carbocycles. The summed E-state index contributed by atoms with van der Waals surface area (Å²) in [5.41, 5.74) is 0. The van der Waals surface area contributed by atoms with Gasteiger partial charge in [0, 0.05) is 6.42 Å². The molecule has 3 nitrogen and oxygen atoms in total. The van der Waals surface area contributed by atoms with Crippen molar-refractivity contribution in [1.29, 1.82) is 5.26 Å². The van der Waals surface area contributed by atoms with Gasteiger partial charge >= 0.3 is 5.97 Å². The molecule has 0 heterocycles. The molecule has 0 saturated heterocycles. The molecule has 0 aromatic heterocycles. The Hall–Kier alpha value is -1.65. The van der Waals surface area contributed by atoms with Crippen molar-refractivity contribution >= 4 is 5.97 Å². The van der Waals surface area contributed by atoms with Gasteiger partial charge in [-0.2, -0.15) is 9.65 Å². The minimum atomic E-state index is -1.97. The third-order valence-corrected chi connectivity index (χ3v) is 4.88. The molecule has 25 heavy (non-hydrogen) atoms. The lowest BCUT2D eigenvalue weighted by Crippen LogP contribution is -2.36. The van der Waals surface area contributed by atoms with Crippen LogP contribution < -0.4 is 0 Å². The zero-order valence-corrected chi connectivity index (χ0v) is 13.7. The maximum Gasteiger partial charge on any atom is 0.370 e. The van der Waals surface area contributed by atoms with Gasteiger partial charge in [-0.05, 0) is 31.6 Å². The lowest BCUT2D eigenvalue weighted by atomic mass is 9.79. The summed E-state index contributed by atoms with van der Waals surface area (Å²) in [6, 6.07) is 1.78. The van der Waals surface area contributed by atoms with E-state index in [0.29, 0.717) is 0 Å². The lowest BCUT2D eigenvalue weighted by Gasteiger charge is -2.32. The number of alkyl halides is 3. The van der Waals surface area contributed by atoms with E-state index in [9.17, 15) is 26.7 Å². The molecular weight excluding hydrogens is 345 g/mol. The molecule has 0 spiro atoms. The van der Waals surface area contributed by atoms with Gasteiger partial charge in [-0.3, -0.25) is 0 Å². The number of halogens is 5. The number of allylic oxidation sites excluding steroid dienone is 1. The first-order valence-corrected chi connectivity index (χ1v) is 8.32. The van der Waals surface area contributed by atoms with E-state index < -0.39 is 54.1 Å². The average Bonchev–Trinajstić information content (AvgIpc) is 2.53. The topological polar surface area (TPSA) is 50.1 Å². The molecule has 0 amide bonds. The van der Waals surface area contributed by atoms with Crippen LogP contribution in [-0.4, -0.2) is 30.6 Å². The average molecular weight is 365 g/mol. The summed E-state index contributed by atoms with van der Waals surface area (Å²) in [6.07, 6.45) is -6.67. The number of esters is 1. The first-order valence-electron chi connectivity index (χ1n) is 8.32. The Bertz CT molecular complexity index is 564. The van der Waals surface area contributed by atoms with Gasteiger partial charge in [0.05, 0.1) is 17.9 Å². The Labute approximate surface area is 142 Å². The Balaban J connectivity index is 2.03. The maximum atomic E-state index is 14.1. The summed E-state index contributed by atoms with van der Waals surface area (Å²) in [7, 11) is 0. The van der Waals surface area contributed by atoms with Crippen molar-refractivity contribution in [3.05, 3.63) is 11.7 Å². The quantitative estimate of drug-likeness (QED) is 0.422. The van der Waals surface area contributed by atoms with Crippen molar-refractivity contribution in [1.82, 2.24) is 0 Å². The minimum absolute atomic E-state index is 0.122. The number of hydrogen-bond acceptors (Lipinski definition) is 3. The molecule has 2 rings (SSSR count). The third-order valence-electron chi connectivity index (χ3n) is 4.88. The first-order chi connectivity index (χ1) is 11.7. The van der Waals surface area contributed by atoms with Crippen molar-refractivity contribution in [3.63, 3.8) is 0 Å². The van der Waals surface area contributed by atoms with Crippen LogP contribution in [0.5, 0.6) is 0 Å². The van der Waals surface area contributed by atoms with Crippen LogP contribution in [0.3, 0.4) is 0 Å². The molecule has 140 valence electrons. The number of nitriles is 1. The monoisotopic (exact) mass is 365 g/mol. The highest BCUT2D eigenvalue weighted by molar-refractivity contribution is 5.86. The zero-order valence-electron chi connectivity index (χ0n) is 13.7. The van der Waals surface area contributed by atoms with E-state index in [1.807, 2.05) is 0 Å². The van der Waals surface area contributed by atoms with E-state index in [1.165, 1.54) is 0 Å². The van der Waals surface area contributed by atoms with Gasteiger partial charge in [0.1, 0.15) is 24.6 Å². The highest BCUT2D eigenvalue weighted by atomic mass is 19.2. The molecular formula is C17H20F5NO2. The summed E-state index contributed by atoms with van der Waals surface area (Å²) < 4.78 is 74.2. The predicted octanol–water partition coefficient (Wildman–Crippen LogP) is 4.43. The Morgan fingerprint density at radius 3 is 2.16 bits per heavy atom. The minimum Gasteiger partial charge on any atom is -0.457 e. The van der Waals surface area contributed by atoms with Gasteiger partial charge in [-0.15, -0.1) is 0 Å². The summed E-state index contributed by atoms with van der Waals surface area (Å²) in [4.78, 5) is 11.7. The second-order valence-corrected chi connectivity index (χ2v) is 6.89. The number of nitrogens with zero attached hydrogens (tertiary/aromatic N) is 1. The van der Waals surface area contributed by atoms with Crippen LogP contribution in [0.1, 0.15) is 39.0 Å². The van der Waals surface area contributed by atoms with Crippen molar-refractivity contribution in [3.8, 4) is 6.07 Å². The molecule has 2 fully saturated rings. The van der Waals surface area contributed by atoms with Gasteiger partial charge in [0.2, 0.25) is 5.83 Å². The lowest BCUT2D eigenvalue weighted by molar-refractivity contribution is -0.149. The van der Waals surface area contributed by atoms with E-state index in [4.69, 9.17) is 10.00 Å². The van der Waals surface area contributed by atoms with E-state index in [0.717, 1.165) is 0 Å². The number of hydrogen-bond donors (Lipinski definition) is 0. The predicted molar refractivity (Wildman–Crippen MR) is 78.7 cm³/mol. The van der Waals surface area contributed by atoms with Crippen LogP contribution in [-0.2, 0) is 9.53 Å². The van der Waals surface area contributed by atoms with Gasteiger partial charge in [-0.25, -0.2) is 22.4 Å². The molecule has 0 bridgehead atoms. The molecule has 0 aromatic rings. The molecule has 0 radical (unpaired) electrons. The summed E-state index contributed by atoms with van der Waals surface area (Å²) in [5.74, 6) is -8.55. The van der Waals surface area contributed by atoms with Gasteiger partial charge in [-0.1, -0.05) is 6.92 Å². The fourth-order valence-corrected chi connectivity index (χ4v) is 3.48. The van der Waals surface area contributed by atoms with E-state index in [1.54, 1.807) is 13.0 Å². The smallest absolute Gasteiger partial charge is 0.370 e. The van der Waals surface area contributed by atoms with Crippen LogP contribution in [0, 0.1) is 29.1 Å². The summed E-state index contributed by atoms with van der Waals surface area (Å²) in [5, 5.41) is 8.72.